The van der Waals surface area contributed by atoms with Gasteiger partial charge in [-0.25, -0.2) is 4.98 Å². The zero-order valence-corrected chi connectivity index (χ0v) is 12.2. The number of anilines is 2. The minimum Gasteiger partial charge on any atom is -0.397 e. The smallest absolute Gasteiger partial charge is 0.225 e. The molecular weight excluding hydrogens is 240 g/mol. The Morgan fingerprint density at radius 2 is 2.00 bits per heavy atom. The van der Waals surface area contributed by atoms with Crippen LogP contribution in [0.25, 0.3) is 0 Å². The molecule has 1 aromatic heterocycles. The summed E-state index contributed by atoms with van der Waals surface area (Å²) in [4.78, 5) is 15.9. The Morgan fingerprint density at radius 1 is 1.32 bits per heavy atom. The van der Waals surface area contributed by atoms with E-state index in [1.54, 1.807) is 0 Å². The van der Waals surface area contributed by atoms with E-state index in [9.17, 15) is 4.79 Å². The summed E-state index contributed by atoms with van der Waals surface area (Å²) in [5.74, 6) is 0.891. The summed E-state index contributed by atoms with van der Waals surface area (Å²) in [6.45, 7) is 9.02. The Labute approximate surface area is 115 Å². The number of aromatic nitrogens is 1. The number of hydrogen-bond donors (Lipinski definition) is 3. The standard InChI is InChI=1S/C14H24N4O/c1-10-11(15)6-7-12(18-10)16-8-5-9-17-13(19)14(2,3)4/h6-7H,5,8-9,15H2,1-4H3,(H,16,18)(H,17,19). The van der Waals surface area contributed by atoms with Crippen molar-refractivity contribution in [1.29, 1.82) is 0 Å². The number of nitrogen functional groups attached to an aromatic ring is 1. The van der Waals surface area contributed by atoms with Crippen molar-refractivity contribution >= 4 is 17.4 Å². The van der Waals surface area contributed by atoms with Crippen molar-refractivity contribution in [1.82, 2.24) is 10.3 Å². The predicted molar refractivity (Wildman–Crippen MR) is 79.0 cm³/mol. The fourth-order valence-electron chi connectivity index (χ4n) is 1.44. The molecule has 0 bridgehead atoms. The fraction of sp³-hybridized carbons (Fsp3) is 0.571. The zero-order chi connectivity index (χ0) is 14.5. The molecule has 4 N–H and O–H groups in total. The lowest BCUT2D eigenvalue weighted by atomic mass is 9.96. The van der Waals surface area contributed by atoms with Crippen LogP contribution in [0, 0.1) is 12.3 Å². The summed E-state index contributed by atoms with van der Waals surface area (Å²) in [5.41, 5.74) is 6.89. The minimum absolute atomic E-state index is 0.0777. The quantitative estimate of drug-likeness (QED) is 0.710. The van der Waals surface area contributed by atoms with Gasteiger partial charge in [-0.1, -0.05) is 20.8 Å². The Hall–Kier alpha value is -1.78. The molecule has 0 aliphatic carbocycles. The molecule has 19 heavy (non-hydrogen) atoms. The maximum Gasteiger partial charge on any atom is 0.225 e. The minimum atomic E-state index is -0.330. The fourth-order valence-corrected chi connectivity index (χ4v) is 1.44. The number of carbonyl (C=O) groups excluding carboxylic acids is 1. The Morgan fingerprint density at radius 3 is 2.58 bits per heavy atom. The lowest BCUT2D eigenvalue weighted by Crippen LogP contribution is -2.35. The first kappa shape index (κ1) is 15.3. The van der Waals surface area contributed by atoms with Crippen LogP contribution in [-0.2, 0) is 4.79 Å². The van der Waals surface area contributed by atoms with Gasteiger partial charge >= 0.3 is 0 Å². The summed E-state index contributed by atoms with van der Waals surface area (Å²) >= 11 is 0. The van der Waals surface area contributed by atoms with Crippen LogP contribution >= 0.6 is 0 Å². The molecule has 5 heteroatoms. The molecule has 1 heterocycles. The molecule has 0 saturated carbocycles. The van der Waals surface area contributed by atoms with Crippen molar-refractivity contribution < 1.29 is 4.79 Å². The third kappa shape index (κ3) is 5.16. The number of carbonyl (C=O) groups is 1. The van der Waals surface area contributed by atoms with Gasteiger partial charge in [0, 0.05) is 18.5 Å². The second-order valence-electron chi connectivity index (χ2n) is 5.66. The lowest BCUT2D eigenvalue weighted by molar-refractivity contribution is -0.128. The molecule has 1 amide bonds. The molecule has 0 unspecified atom stereocenters. The van der Waals surface area contributed by atoms with Crippen LogP contribution in [-0.4, -0.2) is 24.0 Å². The number of amides is 1. The van der Waals surface area contributed by atoms with Crippen LogP contribution in [0.15, 0.2) is 12.1 Å². The van der Waals surface area contributed by atoms with E-state index in [-0.39, 0.29) is 11.3 Å². The lowest BCUT2D eigenvalue weighted by Gasteiger charge is -2.17. The monoisotopic (exact) mass is 264 g/mol. The van der Waals surface area contributed by atoms with Crippen molar-refractivity contribution in [2.45, 2.75) is 34.1 Å². The predicted octanol–water partition coefficient (Wildman–Crippen LogP) is 1.94. The summed E-state index contributed by atoms with van der Waals surface area (Å²) < 4.78 is 0. The van der Waals surface area contributed by atoms with Gasteiger partial charge in [0.15, 0.2) is 0 Å². The van der Waals surface area contributed by atoms with Gasteiger partial charge in [0.25, 0.3) is 0 Å². The van der Waals surface area contributed by atoms with Gasteiger partial charge in [0.1, 0.15) is 5.82 Å². The van der Waals surface area contributed by atoms with Gasteiger partial charge < -0.3 is 16.4 Å². The highest BCUT2D eigenvalue weighted by Gasteiger charge is 2.19. The average molecular weight is 264 g/mol. The summed E-state index contributed by atoms with van der Waals surface area (Å²) in [5, 5.41) is 6.12. The van der Waals surface area contributed by atoms with E-state index in [1.165, 1.54) is 0 Å². The van der Waals surface area contributed by atoms with E-state index >= 15 is 0 Å². The van der Waals surface area contributed by atoms with Gasteiger partial charge in [-0.2, -0.15) is 0 Å². The Bertz CT molecular complexity index is 438. The van der Waals surface area contributed by atoms with Gasteiger partial charge in [0.2, 0.25) is 5.91 Å². The van der Waals surface area contributed by atoms with Crippen molar-refractivity contribution in [3.8, 4) is 0 Å². The number of nitrogens with one attached hydrogen (secondary N) is 2. The van der Waals surface area contributed by atoms with Crippen LogP contribution in [0.3, 0.4) is 0 Å². The molecule has 0 aromatic carbocycles. The van der Waals surface area contributed by atoms with Crippen molar-refractivity contribution in [2.24, 2.45) is 5.41 Å². The van der Waals surface area contributed by atoms with Crippen molar-refractivity contribution in [3.05, 3.63) is 17.8 Å². The summed E-state index contributed by atoms with van der Waals surface area (Å²) in [6, 6.07) is 3.70. The highest BCUT2D eigenvalue weighted by molar-refractivity contribution is 5.81. The van der Waals surface area contributed by atoms with E-state index in [0.717, 1.165) is 24.5 Å². The highest BCUT2D eigenvalue weighted by atomic mass is 16.2. The molecule has 0 atom stereocenters. The molecule has 0 fully saturated rings. The van der Waals surface area contributed by atoms with Crippen molar-refractivity contribution in [3.63, 3.8) is 0 Å². The molecule has 0 saturated heterocycles. The van der Waals surface area contributed by atoms with Crippen LogP contribution in [0.1, 0.15) is 32.9 Å². The van der Waals surface area contributed by atoms with Crippen LogP contribution in [0.5, 0.6) is 0 Å². The second kappa shape index (κ2) is 6.41. The summed E-state index contributed by atoms with van der Waals surface area (Å²) in [7, 11) is 0. The largest absolute Gasteiger partial charge is 0.397 e. The first-order chi connectivity index (χ1) is 8.80. The molecule has 5 nitrogen and oxygen atoms in total. The van der Waals surface area contributed by atoms with E-state index in [0.29, 0.717) is 12.2 Å². The van der Waals surface area contributed by atoms with Gasteiger partial charge in [-0.05, 0) is 25.5 Å². The zero-order valence-electron chi connectivity index (χ0n) is 12.2. The third-order valence-corrected chi connectivity index (χ3v) is 2.75. The average Bonchev–Trinajstić information content (AvgIpc) is 2.31. The molecule has 0 spiro atoms. The van der Waals surface area contributed by atoms with E-state index < -0.39 is 0 Å². The molecule has 1 rings (SSSR count). The number of rotatable bonds is 5. The van der Waals surface area contributed by atoms with E-state index in [1.807, 2.05) is 39.8 Å². The summed E-state index contributed by atoms with van der Waals surface area (Å²) in [6.07, 6.45) is 0.854. The van der Waals surface area contributed by atoms with E-state index in [2.05, 4.69) is 15.6 Å². The molecule has 106 valence electrons. The van der Waals surface area contributed by atoms with Crippen LogP contribution < -0.4 is 16.4 Å². The van der Waals surface area contributed by atoms with Gasteiger partial charge in [-0.3, -0.25) is 4.79 Å². The maximum absolute atomic E-state index is 11.6. The Balaban J connectivity index is 2.24. The molecule has 0 aliphatic rings. The Kier molecular flexibility index (Phi) is 5.15. The van der Waals surface area contributed by atoms with Gasteiger partial charge in [-0.15, -0.1) is 0 Å². The molecular formula is C14H24N4O. The maximum atomic E-state index is 11.6. The second-order valence-corrected chi connectivity index (χ2v) is 5.66. The number of aryl methyl sites for hydroxylation is 1. The molecule has 1 aromatic rings. The number of pyridine rings is 1. The SMILES string of the molecule is Cc1nc(NCCCNC(=O)C(C)(C)C)ccc1N. The third-order valence-electron chi connectivity index (χ3n) is 2.75. The molecule has 0 radical (unpaired) electrons. The highest BCUT2D eigenvalue weighted by Crippen LogP contribution is 2.12. The molecule has 0 aliphatic heterocycles. The first-order valence-electron chi connectivity index (χ1n) is 6.56. The van der Waals surface area contributed by atoms with Gasteiger partial charge in [0.05, 0.1) is 11.4 Å². The normalized spacial score (nSPS) is 11.2. The van der Waals surface area contributed by atoms with Crippen LogP contribution in [0.4, 0.5) is 11.5 Å². The number of hydrogen-bond acceptors (Lipinski definition) is 4. The number of nitrogens with zero attached hydrogens (tertiary/aromatic N) is 1. The van der Waals surface area contributed by atoms with E-state index in [4.69, 9.17) is 5.73 Å². The first-order valence-corrected chi connectivity index (χ1v) is 6.56. The number of nitrogens with two attached hydrogens (primary N) is 1. The van der Waals surface area contributed by atoms with Crippen molar-refractivity contribution in [2.75, 3.05) is 24.1 Å². The van der Waals surface area contributed by atoms with Crippen LogP contribution in [0.2, 0.25) is 0 Å². The topological polar surface area (TPSA) is 80.0 Å².